The van der Waals surface area contributed by atoms with E-state index in [1.54, 1.807) is 14.2 Å². The fourth-order valence-electron chi connectivity index (χ4n) is 3.13. The van der Waals surface area contributed by atoms with Crippen molar-refractivity contribution in [2.75, 3.05) is 14.2 Å². The summed E-state index contributed by atoms with van der Waals surface area (Å²) in [6.07, 6.45) is 2.46. The van der Waals surface area contributed by atoms with Crippen LogP contribution in [0, 0.1) is 11.8 Å². The number of aliphatic carboxylic acids is 1. The molecule has 3 atom stereocenters. The van der Waals surface area contributed by atoms with Gasteiger partial charge >= 0.3 is 5.97 Å². The molecule has 24 heavy (non-hydrogen) atoms. The van der Waals surface area contributed by atoms with Gasteiger partial charge in [-0.3, -0.25) is 9.59 Å². The van der Waals surface area contributed by atoms with Crippen molar-refractivity contribution in [2.24, 2.45) is 11.8 Å². The Hall–Kier alpha value is -2.24. The van der Waals surface area contributed by atoms with E-state index < -0.39 is 5.97 Å². The van der Waals surface area contributed by atoms with Gasteiger partial charge in [0.1, 0.15) is 0 Å². The molecule has 6 nitrogen and oxygen atoms in total. The number of carboxylic acids is 1. The number of rotatable bonds is 7. The number of carbonyl (C=O) groups is 2. The zero-order valence-corrected chi connectivity index (χ0v) is 14.4. The van der Waals surface area contributed by atoms with Crippen LogP contribution in [-0.2, 0) is 16.0 Å². The van der Waals surface area contributed by atoms with Crippen molar-refractivity contribution in [1.82, 2.24) is 5.32 Å². The molecule has 0 aromatic heterocycles. The van der Waals surface area contributed by atoms with Crippen LogP contribution in [0.3, 0.4) is 0 Å². The van der Waals surface area contributed by atoms with Crippen molar-refractivity contribution in [3.05, 3.63) is 23.8 Å². The molecule has 2 N–H and O–H groups in total. The SMILES string of the molecule is COc1ccc(CC(C)C(=O)N[C@H]2CC[C@@H](C(=O)O)C2)cc1OC. The van der Waals surface area contributed by atoms with Crippen LogP contribution in [0.5, 0.6) is 11.5 Å². The summed E-state index contributed by atoms with van der Waals surface area (Å²) >= 11 is 0. The van der Waals surface area contributed by atoms with E-state index >= 15 is 0 Å². The first-order valence-electron chi connectivity index (χ1n) is 8.18. The molecule has 1 fully saturated rings. The number of carbonyl (C=O) groups excluding carboxylic acids is 1. The molecule has 0 saturated heterocycles. The van der Waals surface area contributed by atoms with E-state index in [9.17, 15) is 9.59 Å². The van der Waals surface area contributed by atoms with Gasteiger partial charge in [-0.25, -0.2) is 0 Å². The van der Waals surface area contributed by atoms with Gasteiger partial charge in [-0.05, 0) is 43.4 Å². The number of methoxy groups -OCH3 is 2. The second-order valence-corrected chi connectivity index (χ2v) is 6.35. The zero-order chi connectivity index (χ0) is 17.7. The lowest BCUT2D eigenvalue weighted by molar-refractivity contribution is -0.141. The molecule has 1 saturated carbocycles. The summed E-state index contributed by atoms with van der Waals surface area (Å²) in [5, 5.41) is 12.0. The number of ether oxygens (including phenoxy) is 2. The van der Waals surface area contributed by atoms with Crippen LogP contribution in [0.4, 0.5) is 0 Å². The molecule has 1 aliphatic rings. The summed E-state index contributed by atoms with van der Waals surface area (Å²) in [5.74, 6) is -0.0545. The first-order chi connectivity index (χ1) is 11.4. The lowest BCUT2D eigenvalue weighted by Crippen LogP contribution is -2.37. The number of hydrogen-bond acceptors (Lipinski definition) is 4. The highest BCUT2D eigenvalue weighted by Crippen LogP contribution is 2.29. The van der Waals surface area contributed by atoms with Crippen molar-refractivity contribution in [3.63, 3.8) is 0 Å². The second-order valence-electron chi connectivity index (χ2n) is 6.35. The van der Waals surface area contributed by atoms with Crippen molar-refractivity contribution < 1.29 is 24.2 Å². The number of carboxylic acid groups (broad SMARTS) is 1. The van der Waals surface area contributed by atoms with Crippen LogP contribution in [0.25, 0.3) is 0 Å². The largest absolute Gasteiger partial charge is 0.493 e. The van der Waals surface area contributed by atoms with E-state index in [4.69, 9.17) is 14.6 Å². The lowest BCUT2D eigenvalue weighted by atomic mass is 9.99. The molecular formula is C18H25NO5. The van der Waals surface area contributed by atoms with Gasteiger partial charge in [-0.2, -0.15) is 0 Å². The molecule has 1 unspecified atom stereocenters. The topological polar surface area (TPSA) is 84.9 Å². The Labute approximate surface area is 142 Å². The molecular weight excluding hydrogens is 310 g/mol. The average molecular weight is 335 g/mol. The van der Waals surface area contributed by atoms with E-state index in [1.165, 1.54) is 0 Å². The Morgan fingerprint density at radius 2 is 1.96 bits per heavy atom. The van der Waals surface area contributed by atoms with Crippen LogP contribution in [0.15, 0.2) is 18.2 Å². The average Bonchev–Trinajstić information content (AvgIpc) is 3.03. The first-order valence-corrected chi connectivity index (χ1v) is 8.18. The molecule has 1 aromatic rings. The van der Waals surface area contributed by atoms with Gasteiger partial charge in [0.15, 0.2) is 11.5 Å². The van der Waals surface area contributed by atoms with Gasteiger partial charge in [0, 0.05) is 12.0 Å². The third kappa shape index (κ3) is 4.40. The summed E-state index contributed by atoms with van der Waals surface area (Å²) in [6.45, 7) is 1.87. The maximum atomic E-state index is 12.3. The summed E-state index contributed by atoms with van der Waals surface area (Å²) in [5.41, 5.74) is 0.991. The molecule has 0 aliphatic heterocycles. The predicted octanol–water partition coefficient (Wildman–Crippen LogP) is 2.25. The van der Waals surface area contributed by atoms with Crippen LogP contribution in [0.1, 0.15) is 31.7 Å². The van der Waals surface area contributed by atoms with E-state index in [0.717, 1.165) is 12.0 Å². The number of nitrogens with one attached hydrogen (secondary N) is 1. The van der Waals surface area contributed by atoms with Crippen LogP contribution < -0.4 is 14.8 Å². The Morgan fingerprint density at radius 3 is 2.54 bits per heavy atom. The minimum atomic E-state index is -0.773. The molecule has 6 heteroatoms. The van der Waals surface area contributed by atoms with Crippen molar-refractivity contribution >= 4 is 11.9 Å². The van der Waals surface area contributed by atoms with E-state index in [1.807, 2.05) is 25.1 Å². The van der Waals surface area contributed by atoms with Crippen molar-refractivity contribution in [1.29, 1.82) is 0 Å². The highest BCUT2D eigenvalue weighted by atomic mass is 16.5. The molecule has 132 valence electrons. The van der Waals surface area contributed by atoms with Crippen LogP contribution in [0.2, 0.25) is 0 Å². The molecule has 0 bridgehead atoms. The van der Waals surface area contributed by atoms with E-state index in [0.29, 0.717) is 30.8 Å². The zero-order valence-electron chi connectivity index (χ0n) is 14.4. The third-order valence-electron chi connectivity index (χ3n) is 4.57. The van der Waals surface area contributed by atoms with Crippen LogP contribution in [-0.4, -0.2) is 37.2 Å². The first kappa shape index (κ1) is 18.1. The van der Waals surface area contributed by atoms with Gasteiger partial charge in [-0.15, -0.1) is 0 Å². The second kappa shape index (κ2) is 8.04. The monoisotopic (exact) mass is 335 g/mol. The fraction of sp³-hybridized carbons (Fsp3) is 0.556. The minimum Gasteiger partial charge on any atom is -0.493 e. The number of amides is 1. The minimum absolute atomic E-state index is 0.0357. The highest BCUT2D eigenvalue weighted by molar-refractivity contribution is 5.79. The maximum Gasteiger partial charge on any atom is 0.306 e. The Balaban J connectivity index is 1.91. The molecule has 1 aromatic carbocycles. The summed E-state index contributed by atoms with van der Waals surface area (Å²) in [7, 11) is 3.16. The van der Waals surface area contributed by atoms with Gasteiger partial charge in [0.2, 0.25) is 5.91 Å². The van der Waals surface area contributed by atoms with Crippen LogP contribution >= 0.6 is 0 Å². The summed E-state index contributed by atoms with van der Waals surface area (Å²) in [6, 6.07) is 5.58. The molecule has 0 spiro atoms. The predicted molar refractivity (Wildman–Crippen MR) is 89.3 cm³/mol. The summed E-state index contributed by atoms with van der Waals surface area (Å²) < 4.78 is 10.5. The third-order valence-corrected chi connectivity index (χ3v) is 4.57. The Kier molecular flexibility index (Phi) is 6.06. The molecule has 2 rings (SSSR count). The normalized spacial score (nSPS) is 21.1. The van der Waals surface area contributed by atoms with Gasteiger partial charge in [-0.1, -0.05) is 13.0 Å². The quantitative estimate of drug-likeness (QED) is 0.798. The molecule has 1 aliphatic carbocycles. The Morgan fingerprint density at radius 1 is 1.25 bits per heavy atom. The van der Waals surface area contributed by atoms with E-state index in [2.05, 4.69) is 5.32 Å². The van der Waals surface area contributed by atoms with Crippen molar-refractivity contribution in [2.45, 2.75) is 38.6 Å². The van der Waals surface area contributed by atoms with Crippen molar-refractivity contribution in [3.8, 4) is 11.5 Å². The molecule has 0 heterocycles. The fourth-order valence-corrected chi connectivity index (χ4v) is 3.13. The molecule has 0 radical (unpaired) electrons. The number of hydrogen-bond donors (Lipinski definition) is 2. The van der Waals surface area contributed by atoms with Gasteiger partial charge < -0.3 is 19.9 Å². The lowest BCUT2D eigenvalue weighted by Gasteiger charge is -2.17. The maximum absolute atomic E-state index is 12.3. The number of benzene rings is 1. The standard InChI is InChI=1S/C18H25NO5/c1-11(8-12-4-7-15(23-2)16(9-12)24-3)17(20)19-14-6-5-13(10-14)18(21)22/h4,7,9,11,13-14H,5-6,8,10H2,1-3H3,(H,19,20)(H,21,22)/t11?,13-,14+/m1/s1. The smallest absolute Gasteiger partial charge is 0.306 e. The Bertz CT molecular complexity index is 601. The van der Waals surface area contributed by atoms with E-state index in [-0.39, 0.29) is 23.8 Å². The molecule has 1 amide bonds. The van der Waals surface area contributed by atoms with Gasteiger partial charge in [0.25, 0.3) is 0 Å². The summed E-state index contributed by atoms with van der Waals surface area (Å²) in [4.78, 5) is 23.3. The highest BCUT2D eigenvalue weighted by Gasteiger charge is 2.31. The van der Waals surface area contributed by atoms with Gasteiger partial charge in [0.05, 0.1) is 20.1 Å².